The molecule has 0 aliphatic carbocycles. The zero-order valence-corrected chi connectivity index (χ0v) is 10.8. The fourth-order valence-electron chi connectivity index (χ4n) is 2.19. The van der Waals surface area contributed by atoms with Crippen molar-refractivity contribution in [1.29, 1.82) is 5.26 Å². The number of nitrogens with zero attached hydrogens (tertiary/aromatic N) is 1. The summed E-state index contributed by atoms with van der Waals surface area (Å²) in [4.78, 5) is 12.0. The molecule has 18 heavy (non-hydrogen) atoms. The van der Waals surface area contributed by atoms with E-state index in [-0.39, 0.29) is 5.56 Å². The lowest BCUT2D eigenvalue weighted by atomic mass is 9.75. The summed E-state index contributed by atoms with van der Waals surface area (Å²) in [6.45, 7) is 3.69. The monoisotopic (exact) mass is 249 g/mol. The van der Waals surface area contributed by atoms with Crippen molar-refractivity contribution in [3.05, 3.63) is 35.1 Å². The molecule has 0 aromatic heterocycles. The second-order valence-electron chi connectivity index (χ2n) is 4.12. The minimum absolute atomic E-state index is 0.208. The molecule has 0 aliphatic heterocycles. The molecule has 0 saturated heterocycles. The number of rotatable bonds is 4. The Bertz CT molecular complexity index is 487. The Morgan fingerprint density at radius 3 is 2.44 bits per heavy atom. The summed E-state index contributed by atoms with van der Waals surface area (Å²) in [5, 5.41) is 8.86. The summed E-state index contributed by atoms with van der Waals surface area (Å²) in [7, 11) is 1.31. The van der Waals surface area contributed by atoms with E-state index >= 15 is 0 Å². The number of ether oxygens (including phenoxy) is 1. The summed E-state index contributed by atoms with van der Waals surface area (Å²) in [6, 6.07) is 5.89. The van der Waals surface area contributed by atoms with Crippen molar-refractivity contribution < 1.29 is 13.9 Å². The first kappa shape index (κ1) is 14.2. The number of nitriles is 1. The molecule has 0 saturated carbocycles. The van der Waals surface area contributed by atoms with Gasteiger partial charge in [-0.05, 0) is 36.6 Å². The third-order valence-electron chi connectivity index (χ3n) is 3.36. The SMILES string of the molecule is CCC(CC)(C(=O)OC)c1cc(F)cc(C#N)c1. The van der Waals surface area contributed by atoms with Crippen molar-refractivity contribution in [3.63, 3.8) is 0 Å². The average molecular weight is 249 g/mol. The van der Waals surface area contributed by atoms with Crippen LogP contribution in [-0.4, -0.2) is 13.1 Å². The van der Waals surface area contributed by atoms with Crippen molar-refractivity contribution in [2.24, 2.45) is 0 Å². The molecule has 0 unspecified atom stereocenters. The van der Waals surface area contributed by atoms with Crippen molar-refractivity contribution in [2.75, 3.05) is 7.11 Å². The summed E-state index contributed by atoms with van der Waals surface area (Å²) in [5.74, 6) is -0.916. The van der Waals surface area contributed by atoms with Crippen molar-refractivity contribution in [2.45, 2.75) is 32.1 Å². The molecule has 0 N–H and O–H groups in total. The van der Waals surface area contributed by atoms with E-state index in [0.717, 1.165) is 6.07 Å². The standard InChI is InChI=1S/C14H16FNO2/c1-4-14(5-2,13(17)18-3)11-6-10(9-16)7-12(15)8-11/h6-8H,4-5H2,1-3H3. The lowest BCUT2D eigenvalue weighted by Gasteiger charge is -2.29. The maximum absolute atomic E-state index is 13.5. The molecule has 0 radical (unpaired) electrons. The fraction of sp³-hybridized carbons (Fsp3) is 0.429. The molecular formula is C14H16FNO2. The van der Waals surface area contributed by atoms with Gasteiger partial charge in [0.15, 0.2) is 0 Å². The molecule has 1 aromatic rings. The van der Waals surface area contributed by atoms with Crippen LogP contribution in [-0.2, 0) is 14.9 Å². The van der Waals surface area contributed by atoms with Crippen LogP contribution in [0.4, 0.5) is 4.39 Å². The van der Waals surface area contributed by atoms with Gasteiger partial charge >= 0.3 is 5.97 Å². The van der Waals surface area contributed by atoms with Gasteiger partial charge in [-0.15, -0.1) is 0 Å². The normalized spacial score (nSPS) is 10.8. The van der Waals surface area contributed by atoms with Crippen LogP contribution in [0.15, 0.2) is 18.2 Å². The molecule has 3 nitrogen and oxygen atoms in total. The molecule has 96 valence electrons. The summed E-state index contributed by atoms with van der Waals surface area (Å²) in [6.07, 6.45) is 0.981. The van der Waals surface area contributed by atoms with Crippen molar-refractivity contribution in [3.8, 4) is 6.07 Å². The zero-order chi connectivity index (χ0) is 13.8. The molecule has 1 rings (SSSR count). The third-order valence-corrected chi connectivity index (χ3v) is 3.36. The Balaban J connectivity index is 3.43. The first-order valence-corrected chi connectivity index (χ1v) is 5.83. The second kappa shape index (κ2) is 5.63. The predicted molar refractivity (Wildman–Crippen MR) is 65.4 cm³/mol. The molecular weight excluding hydrogens is 233 g/mol. The summed E-state index contributed by atoms with van der Waals surface area (Å²) >= 11 is 0. The van der Waals surface area contributed by atoms with E-state index in [9.17, 15) is 9.18 Å². The van der Waals surface area contributed by atoms with E-state index < -0.39 is 17.2 Å². The van der Waals surface area contributed by atoms with Gasteiger partial charge in [-0.3, -0.25) is 4.79 Å². The zero-order valence-electron chi connectivity index (χ0n) is 10.8. The number of carbonyl (C=O) groups is 1. The molecule has 0 heterocycles. The summed E-state index contributed by atoms with van der Waals surface area (Å²) in [5.41, 5.74) is -0.182. The molecule has 0 spiro atoms. The van der Waals surface area contributed by atoms with Gasteiger partial charge in [0.25, 0.3) is 0 Å². The minimum Gasteiger partial charge on any atom is -0.468 e. The van der Waals surface area contributed by atoms with E-state index in [1.165, 1.54) is 13.2 Å². The van der Waals surface area contributed by atoms with E-state index in [1.807, 2.05) is 19.9 Å². The van der Waals surface area contributed by atoms with Crippen molar-refractivity contribution in [1.82, 2.24) is 0 Å². The van der Waals surface area contributed by atoms with Crippen molar-refractivity contribution >= 4 is 5.97 Å². The minimum atomic E-state index is -0.886. The molecule has 0 amide bonds. The van der Waals surface area contributed by atoms with Gasteiger partial charge in [0.2, 0.25) is 0 Å². The van der Waals surface area contributed by atoms with Crippen LogP contribution < -0.4 is 0 Å². The first-order valence-electron chi connectivity index (χ1n) is 5.83. The number of halogens is 1. The van der Waals surface area contributed by atoms with Crippen LogP contribution in [0, 0.1) is 17.1 Å². The third kappa shape index (κ3) is 2.35. The number of carbonyl (C=O) groups excluding carboxylic acids is 1. The number of benzene rings is 1. The molecule has 0 aliphatic rings. The van der Waals surface area contributed by atoms with Gasteiger partial charge in [0.05, 0.1) is 24.2 Å². The van der Waals surface area contributed by atoms with Gasteiger partial charge < -0.3 is 4.74 Å². The molecule has 4 heteroatoms. The van der Waals surface area contributed by atoms with Crippen LogP contribution in [0.3, 0.4) is 0 Å². The largest absolute Gasteiger partial charge is 0.468 e. The second-order valence-corrected chi connectivity index (χ2v) is 4.12. The Labute approximate surface area is 106 Å². The van der Waals surface area contributed by atoms with Crippen LogP contribution in [0.5, 0.6) is 0 Å². The van der Waals surface area contributed by atoms with Crippen LogP contribution in [0.1, 0.15) is 37.8 Å². The fourth-order valence-corrected chi connectivity index (χ4v) is 2.19. The van der Waals surface area contributed by atoms with Crippen LogP contribution in [0.25, 0.3) is 0 Å². The highest BCUT2D eigenvalue weighted by molar-refractivity contribution is 5.83. The van der Waals surface area contributed by atoms with Gasteiger partial charge in [0, 0.05) is 0 Å². The van der Waals surface area contributed by atoms with E-state index in [4.69, 9.17) is 10.00 Å². The quantitative estimate of drug-likeness (QED) is 0.771. The Kier molecular flexibility index (Phi) is 4.43. The van der Waals surface area contributed by atoms with Gasteiger partial charge in [0.1, 0.15) is 5.82 Å². The molecule has 0 fully saturated rings. The van der Waals surface area contributed by atoms with Gasteiger partial charge in [-0.1, -0.05) is 13.8 Å². The Hall–Kier alpha value is -1.89. The molecule has 1 aromatic carbocycles. The van der Waals surface area contributed by atoms with E-state index in [0.29, 0.717) is 18.4 Å². The Morgan fingerprint density at radius 2 is 2.00 bits per heavy atom. The molecule has 0 atom stereocenters. The number of methoxy groups -OCH3 is 1. The van der Waals surface area contributed by atoms with E-state index in [2.05, 4.69) is 0 Å². The smallest absolute Gasteiger partial charge is 0.316 e. The topological polar surface area (TPSA) is 50.1 Å². The number of esters is 1. The highest BCUT2D eigenvalue weighted by Crippen LogP contribution is 2.34. The van der Waals surface area contributed by atoms with Crippen LogP contribution in [0.2, 0.25) is 0 Å². The number of hydrogen-bond donors (Lipinski definition) is 0. The lowest BCUT2D eigenvalue weighted by Crippen LogP contribution is -2.36. The first-order chi connectivity index (χ1) is 8.53. The molecule has 0 bridgehead atoms. The average Bonchev–Trinajstić information content (AvgIpc) is 2.39. The number of hydrogen-bond acceptors (Lipinski definition) is 3. The Morgan fingerprint density at radius 1 is 1.39 bits per heavy atom. The lowest BCUT2D eigenvalue weighted by molar-refractivity contribution is -0.148. The van der Waals surface area contributed by atoms with Gasteiger partial charge in [-0.25, -0.2) is 4.39 Å². The summed E-state index contributed by atoms with van der Waals surface area (Å²) < 4.78 is 18.3. The highest BCUT2D eigenvalue weighted by atomic mass is 19.1. The van der Waals surface area contributed by atoms with Crippen LogP contribution >= 0.6 is 0 Å². The van der Waals surface area contributed by atoms with Gasteiger partial charge in [-0.2, -0.15) is 5.26 Å². The predicted octanol–water partition coefficient (Wildman–Crippen LogP) is 2.93. The highest BCUT2D eigenvalue weighted by Gasteiger charge is 2.38. The van der Waals surface area contributed by atoms with E-state index in [1.54, 1.807) is 6.07 Å². The maximum atomic E-state index is 13.5. The maximum Gasteiger partial charge on any atom is 0.316 e.